The lowest BCUT2D eigenvalue weighted by atomic mass is 9.89. The molecule has 2 aliphatic rings. The Kier molecular flexibility index (Phi) is 5.21. The van der Waals surface area contributed by atoms with Crippen LogP contribution in [0.1, 0.15) is 36.5 Å². The maximum absolute atomic E-state index is 12.6. The lowest BCUT2D eigenvalue weighted by Crippen LogP contribution is -2.41. The molecular weight excluding hydrogens is 406 g/mol. The second-order valence-corrected chi connectivity index (χ2v) is 9.86. The fourth-order valence-corrected chi connectivity index (χ4v) is 6.49. The molecule has 0 radical (unpaired) electrons. The highest BCUT2D eigenvalue weighted by molar-refractivity contribution is 7.99. The van der Waals surface area contributed by atoms with Crippen molar-refractivity contribution in [3.8, 4) is 0 Å². The van der Waals surface area contributed by atoms with Gasteiger partial charge in [0.2, 0.25) is 5.91 Å². The molecule has 1 atom stereocenters. The second kappa shape index (κ2) is 7.85. The van der Waals surface area contributed by atoms with Gasteiger partial charge in [0, 0.05) is 24.4 Å². The van der Waals surface area contributed by atoms with Crippen molar-refractivity contribution in [1.82, 2.24) is 24.5 Å². The van der Waals surface area contributed by atoms with E-state index < -0.39 is 0 Å². The van der Waals surface area contributed by atoms with Crippen molar-refractivity contribution < 1.29 is 9.53 Å². The predicted molar refractivity (Wildman–Crippen MR) is 115 cm³/mol. The highest BCUT2D eigenvalue weighted by Gasteiger charge is 2.26. The van der Waals surface area contributed by atoms with E-state index in [0.29, 0.717) is 32.1 Å². The van der Waals surface area contributed by atoms with Gasteiger partial charge < -0.3 is 9.64 Å². The summed E-state index contributed by atoms with van der Waals surface area (Å²) in [5, 5.41) is 11.0. The molecule has 0 spiro atoms. The van der Waals surface area contributed by atoms with Crippen molar-refractivity contribution in [3.63, 3.8) is 0 Å². The van der Waals surface area contributed by atoms with Gasteiger partial charge >= 0.3 is 0 Å². The van der Waals surface area contributed by atoms with Crippen LogP contribution in [0.4, 0.5) is 0 Å². The van der Waals surface area contributed by atoms with E-state index in [0.717, 1.165) is 46.6 Å². The topological polar surface area (TPSA) is 72.6 Å². The molecule has 7 nitrogen and oxygen atoms in total. The number of thiophene rings is 1. The fraction of sp³-hybridized carbons (Fsp3) is 0.600. The van der Waals surface area contributed by atoms with Gasteiger partial charge in [-0.25, -0.2) is 4.98 Å². The molecule has 5 rings (SSSR count). The van der Waals surface area contributed by atoms with Crippen LogP contribution >= 0.6 is 23.1 Å². The minimum absolute atomic E-state index is 0.129. The summed E-state index contributed by atoms with van der Waals surface area (Å²) in [6.45, 7) is 7.01. The fourth-order valence-electron chi connectivity index (χ4n) is 4.24. The molecule has 1 unspecified atom stereocenters. The monoisotopic (exact) mass is 431 g/mol. The van der Waals surface area contributed by atoms with Gasteiger partial charge in [-0.3, -0.25) is 9.20 Å². The van der Waals surface area contributed by atoms with Crippen molar-refractivity contribution in [2.75, 3.05) is 32.1 Å². The zero-order valence-electron chi connectivity index (χ0n) is 16.8. The van der Waals surface area contributed by atoms with Gasteiger partial charge in [-0.1, -0.05) is 25.6 Å². The van der Waals surface area contributed by atoms with Crippen molar-refractivity contribution in [1.29, 1.82) is 0 Å². The maximum Gasteiger partial charge on any atom is 0.233 e. The van der Waals surface area contributed by atoms with Gasteiger partial charge in [-0.15, -0.1) is 21.5 Å². The first kappa shape index (κ1) is 19.3. The van der Waals surface area contributed by atoms with Crippen LogP contribution in [-0.4, -0.2) is 62.4 Å². The number of ether oxygens (including phenoxy) is 1. The Labute approximate surface area is 177 Å². The van der Waals surface area contributed by atoms with Gasteiger partial charge in [0.05, 0.1) is 24.4 Å². The van der Waals surface area contributed by atoms with Crippen molar-refractivity contribution in [2.24, 2.45) is 5.92 Å². The Bertz CT molecular complexity index is 1070. The third-order valence-electron chi connectivity index (χ3n) is 5.84. The SMILES string of the molecule is CCc1nc2sc3c(c2c2nnc(SCC(=O)N4CCOCC4)n12)CCC(C)C3. The van der Waals surface area contributed by atoms with Gasteiger partial charge in [-0.05, 0) is 30.7 Å². The van der Waals surface area contributed by atoms with Gasteiger partial charge in [0.15, 0.2) is 10.8 Å². The molecule has 3 aromatic rings. The second-order valence-electron chi connectivity index (χ2n) is 7.84. The number of fused-ring (bicyclic) bond motifs is 5. The minimum atomic E-state index is 0.129. The number of morpholine rings is 1. The van der Waals surface area contributed by atoms with Crippen LogP contribution in [0.25, 0.3) is 15.9 Å². The van der Waals surface area contributed by atoms with E-state index in [1.54, 1.807) is 0 Å². The zero-order chi connectivity index (χ0) is 20.0. The number of rotatable bonds is 4. The van der Waals surface area contributed by atoms with Crippen molar-refractivity contribution in [3.05, 3.63) is 16.3 Å². The Morgan fingerprint density at radius 2 is 2.14 bits per heavy atom. The molecular formula is C20H25N5O2S2. The number of hydrogen-bond acceptors (Lipinski definition) is 7. The van der Waals surface area contributed by atoms with Crippen LogP contribution in [0.3, 0.4) is 0 Å². The van der Waals surface area contributed by atoms with E-state index in [1.807, 2.05) is 16.2 Å². The van der Waals surface area contributed by atoms with E-state index in [1.165, 1.54) is 34.0 Å². The highest BCUT2D eigenvalue weighted by atomic mass is 32.2. The zero-order valence-corrected chi connectivity index (χ0v) is 18.4. The molecule has 0 saturated carbocycles. The average molecular weight is 432 g/mol. The van der Waals surface area contributed by atoms with Gasteiger partial charge in [-0.2, -0.15) is 0 Å². The molecule has 3 aromatic heterocycles. The van der Waals surface area contributed by atoms with Crippen LogP contribution in [0.2, 0.25) is 0 Å². The number of hydrogen-bond donors (Lipinski definition) is 0. The molecule has 1 aliphatic heterocycles. The predicted octanol–water partition coefficient (Wildman–Crippen LogP) is 2.98. The summed E-state index contributed by atoms with van der Waals surface area (Å²) in [6, 6.07) is 0. The molecule has 1 amide bonds. The molecule has 4 heterocycles. The quantitative estimate of drug-likeness (QED) is 0.592. The molecule has 29 heavy (non-hydrogen) atoms. The van der Waals surface area contributed by atoms with E-state index in [-0.39, 0.29) is 5.91 Å². The normalized spacial score (nSPS) is 19.8. The van der Waals surface area contributed by atoms with E-state index >= 15 is 0 Å². The number of nitrogens with zero attached hydrogens (tertiary/aromatic N) is 5. The number of thioether (sulfide) groups is 1. The molecule has 0 aromatic carbocycles. The molecule has 1 aliphatic carbocycles. The Hall–Kier alpha value is -1.71. The molecule has 9 heteroatoms. The summed E-state index contributed by atoms with van der Waals surface area (Å²) in [5.41, 5.74) is 2.32. The largest absolute Gasteiger partial charge is 0.378 e. The minimum Gasteiger partial charge on any atom is -0.378 e. The average Bonchev–Trinajstić information content (AvgIpc) is 3.32. The molecule has 1 fully saturated rings. The third-order valence-corrected chi connectivity index (χ3v) is 7.91. The first-order chi connectivity index (χ1) is 14.2. The summed E-state index contributed by atoms with van der Waals surface area (Å²) < 4.78 is 7.41. The van der Waals surface area contributed by atoms with Crippen molar-refractivity contribution >= 4 is 44.9 Å². The van der Waals surface area contributed by atoms with Crippen molar-refractivity contribution in [2.45, 2.75) is 44.7 Å². The summed E-state index contributed by atoms with van der Waals surface area (Å²) in [5.74, 6) is 2.18. The third kappa shape index (κ3) is 3.43. The Morgan fingerprint density at radius 3 is 2.93 bits per heavy atom. The molecule has 1 saturated heterocycles. The van der Waals surface area contributed by atoms with Crippen LogP contribution in [0.15, 0.2) is 5.16 Å². The number of aromatic nitrogens is 4. The molecule has 0 N–H and O–H groups in total. The van der Waals surface area contributed by atoms with E-state index in [4.69, 9.17) is 9.72 Å². The van der Waals surface area contributed by atoms with Crippen LogP contribution < -0.4 is 0 Å². The summed E-state index contributed by atoms with van der Waals surface area (Å²) in [7, 11) is 0. The lowest BCUT2D eigenvalue weighted by molar-refractivity contribution is -0.132. The number of aryl methyl sites for hydroxylation is 2. The maximum atomic E-state index is 12.6. The molecule has 154 valence electrons. The lowest BCUT2D eigenvalue weighted by Gasteiger charge is -2.26. The summed E-state index contributed by atoms with van der Waals surface area (Å²) in [6.07, 6.45) is 4.23. The summed E-state index contributed by atoms with van der Waals surface area (Å²) in [4.78, 5) is 21.9. The standard InChI is InChI=1S/C20H25N5O2S2/c1-3-15-21-19-17(13-5-4-12(2)10-14(13)29-19)18-22-23-20(25(15)18)28-11-16(26)24-6-8-27-9-7-24/h12H,3-11H2,1-2H3. The smallest absolute Gasteiger partial charge is 0.233 e. The number of carbonyl (C=O) groups excluding carboxylic acids is 1. The van der Waals surface area contributed by atoms with E-state index in [2.05, 4.69) is 28.4 Å². The number of amides is 1. The van der Waals surface area contributed by atoms with E-state index in [9.17, 15) is 4.79 Å². The van der Waals surface area contributed by atoms with Gasteiger partial charge in [0.25, 0.3) is 0 Å². The van der Waals surface area contributed by atoms with Crippen LogP contribution in [0, 0.1) is 5.92 Å². The Morgan fingerprint density at radius 1 is 1.31 bits per heavy atom. The van der Waals surface area contributed by atoms with Crippen LogP contribution in [-0.2, 0) is 28.8 Å². The Balaban J connectivity index is 1.50. The highest BCUT2D eigenvalue weighted by Crippen LogP contribution is 2.39. The first-order valence-corrected chi connectivity index (χ1v) is 12.1. The first-order valence-electron chi connectivity index (χ1n) is 10.3. The molecule has 0 bridgehead atoms. The number of carbonyl (C=O) groups is 1. The van der Waals surface area contributed by atoms with Gasteiger partial charge in [0.1, 0.15) is 10.7 Å². The van der Waals surface area contributed by atoms with Crippen LogP contribution in [0.5, 0.6) is 0 Å². The summed E-state index contributed by atoms with van der Waals surface area (Å²) >= 11 is 3.28.